The molecule has 0 bridgehead atoms. The second kappa shape index (κ2) is 7.97. The molecule has 3 rings (SSSR count). The molecule has 0 unspecified atom stereocenters. The molecule has 2 N–H and O–H groups in total. The van der Waals surface area contributed by atoms with Crippen LogP contribution in [0.5, 0.6) is 0 Å². The highest BCUT2D eigenvalue weighted by molar-refractivity contribution is 8.01. The average molecular weight is 419 g/mol. The van der Waals surface area contributed by atoms with Gasteiger partial charge in [0.2, 0.25) is 11.8 Å². The van der Waals surface area contributed by atoms with Crippen molar-refractivity contribution < 1.29 is 18.0 Å². The van der Waals surface area contributed by atoms with E-state index in [1.807, 2.05) is 25.1 Å². The maximum absolute atomic E-state index is 12.9. The van der Waals surface area contributed by atoms with Crippen molar-refractivity contribution in [1.82, 2.24) is 0 Å². The minimum Gasteiger partial charge on any atom is -0.326 e. The molecule has 0 radical (unpaired) electrons. The normalized spacial score (nSPS) is 17.4. The maximum Gasteiger partial charge on any atom is 0.237 e. The smallest absolute Gasteiger partial charge is 0.237 e. The van der Waals surface area contributed by atoms with Gasteiger partial charge in [0.05, 0.1) is 21.1 Å². The van der Waals surface area contributed by atoms with E-state index < -0.39 is 15.1 Å². The van der Waals surface area contributed by atoms with Gasteiger partial charge in [0.25, 0.3) is 0 Å². The first-order valence-electron chi connectivity index (χ1n) is 8.89. The van der Waals surface area contributed by atoms with Gasteiger partial charge in [-0.05, 0) is 50.6 Å². The van der Waals surface area contributed by atoms with Crippen LogP contribution in [0.4, 0.5) is 11.4 Å². The van der Waals surface area contributed by atoms with Crippen molar-refractivity contribution in [3.8, 4) is 0 Å². The fourth-order valence-corrected chi connectivity index (χ4v) is 5.19. The Hall–Kier alpha value is -2.32. The summed E-state index contributed by atoms with van der Waals surface area (Å²) in [4.78, 5) is 25.1. The van der Waals surface area contributed by atoms with E-state index in [1.165, 1.54) is 30.8 Å². The largest absolute Gasteiger partial charge is 0.326 e. The van der Waals surface area contributed by atoms with Crippen LogP contribution in [-0.2, 0) is 19.4 Å². The van der Waals surface area contributed by atoms with E-state index in [0.717, 1.165) is 10.5 Å². The van der Waals surface area contributed by atoms with E-state index in [0.29, 0.717) is 11.4 Å². The molecule has 2 aromatic rings. The predicted molar refractivity (Wildman–Crippen MR) is 111 cm³/mol. The van der Waals surface area contributed by atoms with Gasteiger partial charge in [0, 0.05) is 17.0 Å². The van der Waals surface area contributed by atoms with Gasteiger partial charge in [0.1, 0.15) is 0 Å². The summed E-state index contributed by atoms with van der Waals surface area (Å²) >= 11 is 1.39. The molecule has 2 atom stereocenters. The van der Waals surface area contributed by atoms with Crippen LogP contribution in [0.1, 0.15) is 25.8 Å². The van der Waals surface area contributed by atoms with Gasteiger partial charge < -0.3 is 10.6 Å². The van der Waals surface area contributed by atoms with E-state index in [9.17, 15) is 18.0 Å². The van der Waals surface area contributed by atoms with Gasteiger partial charge in [-0.15, -0.1) is 11.8 Å². The molecule has 0 saturated carbocycles. The molecule has 0 fully saturated rings. The molecular formula is C20H22N2O4S2. The molecule has 1 aliphatic heterocycles. The predicted octanol–water partition coefficient (Wildman–Crippen LogP) is 3.62. The van der Waals surface area contributed by atoms with E-state index >= 15 is 0 Å². The topological polar surface area (TPSA) is 92.3 Å². The van der Waals surface area contributed by atoms with Crippen LogP contribution in [0.3, 0.4) is 0 Å². The lowest BCUT2D eigenvalue weighted by atomic mass is 10.2. The monoisotopic (exact) mass is 418 g/mol. The average Bonchev–Trinajstić information content (AvgIpc) is 2.64. The summed E-state index contributed by atoms with van der Waals surface area (Å²) in [6.07, 6.45) is -0.161. The van der Waals surface area contributed by atoms with Crippen LogP contribution in [-0.4, -0.2) is 30.7 Å². The van der Waals surface area contributed by atoms with E-state index in [-0.39, 0.29) is 28.4 Å². The van der Waals surface area contributed by atoms with Gasteiger partial charge in [-0.2, -0.15) is 0 Å². The lowest BCUT2D eigenvalue weighted by molar-refractivity contribution is -0.116. The Morgan fingerprint density at radius 2 is 1.96 bits per heavy atom. The molecule has 2 aromatic carbocycles. The molecule has 6 nitrogen and oxygen atoms in total. The number of rotatable bonds is 5. The Kier molecular flexibility index (Phi) is 5.81. The van der Waals surface area contributed by atoms with Crippen LogP contribution in [0, 0.1) is 6.92 Å². The lowest BCUT2D eigenvalue weighted by Crippen LogP contribution is -2.27. The first-order chi connectivity index (χ1) is 13.2. The zero-order valence-electron chi connectivity index (χ0n) is 15.9. The highest BCUT2D eigenvalue weighted by atomic mass is 32.2. The number of benzene rings is 2. The second-order valence-corrected chi connectivity index (χ2v) is 10.6. The van der Waals surface area contributed by atoms with Crippen molar-refractivity contribution in [2.75, 3.05) is 10.6 Å². The summed E-state index contributed by atoms with van der Waals surface area (Å²) in [6.45, 7) is 5.18. The number of fused-ring (bicyclic) bond motifs is 1. The van der Waals surface area contributed by atoms with Gasteiger partial charge >= 0.3 is 0 Å². The molecule has 1 heterocycles. The number of para-hydroxylation sites is 1. The van der Waals surface area contributed by atoms with Crippen molar-refractivity contribution in [2.24, 2.45) is 0 Å². The third kappa shape index (κ3) is 4.23. The van der Waals surface area contributed by atoms with Gasteiger partial charge in [-0.1, -0.05) is 18.2 Å². The molecular weight excluding hydrogens is 396 g/mol. The van der Waals surface area contributed by atoms with Gasteiger partial charge in [0.15, 0.2) is 9.84 Å². The quantitative estimate of drug-likeness (QED) is 0.774. The molecule has 0 aromatic heterocycles. The number of aryl methyl sites for hydroxylation is 1. The first kappa shape index (κ1) is 20.4. The van der Waals surface area contributed by atoms with Gasteiger partial charge in [-0.25, -0.2) is 8.42 Å². The van der Waals surface area contributed by atoms with Crippen molar-refractivity contribution in [1.29, 1.82) is 0 Å². The van der Waals surface area contributed by atoms with Crippen molar-refractivity contribution in [3.05, 3.63) is 48.0 Å². The highest BCUT2D eigenvalue weighted by Gasteiger charge is 2.29. The van der Waals surface area contributed by atoms with Crippen LogP contribution in [0.25, 0.3) is 0 Å². The molecule has 148 valence electrons. The van der Waals surface area contributed by atoms with Crippen LogP contribution < -0.4 is 10.6 Å². The molecule has 8 heteroatoms. The Morgan fingerprint density at radius 3 is 2.68 bits per heavy atom. The van der Waals surface area contributed by atoms with E-state index in [1.54, 1.807) is 19.1 Å². The molecule has 0 aliphatic carbocycles. The number of amides is 2. The number of thioether (sulfide) groups is 1. The van der Waals surface area contributed by atoms with Crippen molar-refractivity contribution in [2.45, 2.75) is 47.5 Å². The summed E-state index contributed by atoms with van der Waals surface area (Å²) < 4.78 is 25.8. The second-order valence-electron chi connectivity index (χ2n) is 6.83. The van der Waals surface area contributed by atoms with Crippen LogP contribution in [0.15, 0.2) is 52.3 Å². The highest BCUT2D eigenvalue weighted by Crippen LogP contribution is 2.37. The molecule has 0 spiro atoms. The number of nitrogens with one attached hydrogen (secondary N) is 2. The zero-order valence-corrected chi connectivity index (χ0v) is 17.5. The van der Waals surface area contributed by atoms with E-state index in [2.05, 4.69) is 10.6 Å². The Labute approximate surface area is 169 Å². The minimum atomic E-state index is -3.72. The summed E-state index contributed by atoms with van der Waals surface area (Å²) in [5.74, 6) is -0.515. The summed E-state index contributed by atoms with van der Waals surface area (Å²) in [6, 6.07) is 12.0. The molecule has 2 amide bonds. The maximum atomic E-state index is 12.9. The zero-order chi connectivity index (χ0) is 20.5. The number of hydrogen-bond donors (Lipinski definition) is 2. The summed E-state index contributed by atoms with van der Waals surface area (Å²) in [7, 11) is -3.72. The number of sulfone groups is 1. The van der Waals surface area contributed by atoms with Gasteiger partial charge in [-0.3, -0.25) is 9.59 Å². The van der Waals surface area contributed by atoms with Crippen molar-refractivity contribution in [3.63, 3.8) is 0 Å². The van der Waals surface area contributed by atoms with E-state index in [4.69, 9.17) is 0 Å². The number of hydrogen-bond acceptors (Lipinski definition) is 5. The first-order valence-corrected chi connectivity index (χ1v) is 11.3. The number of anilines is 2. The third-order valence-electron chi connectivity index (χ3n) is 4.63. The Bertz CT molecular complexity index is 1030. The van der Waals surface area contributed by atoms with Crippen molar-refractivity contribution >= 4 is 44.8 Å². The Morgan fingerprint density at radius 1 is 1.25 bits per heavy atom. The minimum absolute atomic E-state index is 0.0953. The SMILES string of the molecule is Cc1ccccc1NC(=O)C[C@@H](C)S(=O)(=O)c1ccc2c(c1)NC(=O)[C@H](C)S2. The number of carbonyl (C=O) groups is 2. The standard InChI is InChI=1S/C20H22N2O4S2/c1-12-6-4-5-7-16(12)21-19(23)10-13(2)28(25,26)15-8-9-18-17(11-15)22-20(24)14(3)27-18/h4-9,11,13-14H,10H2,1-3H3,(H,21,23)(H,22,24)/t13-,14+/m1/s1. The molecule has 0 saturated heterocycles. The molecule has 28 heavy (non-hydrogen) atoms. The third-order valence-corrected chi connectivity index (χ3v) is 7.95. The lowest BCUT2D eigenvalue weighted by Gasteiger charge is -2.22. The fourth-order valence-electron chi connectivity index (χ4n) is 2.88. The number of carbonyl (C=O) groups excluding carboxylic acids is 2. The summed E-state index contributed by atoms with van der Waals surface area (Å²) in [5, 5.41) is 4.37. The molecule has 1 aliphatic rings. The Balaban J connectivity index is 1.75. The summed E-state index contributed by atoms with van der Waals surface area (Å²) in [5.41, 5.74) is 2.06. The van der Waals surface area contributed by atoms with Crippen LogP contribution >= 0.6 is 11.8 Å². The fraction of sp³-hybridized carbons (Fsp3) is 0.300. The van der Waals surface area contributed by atoms with Crippen LogP contribution in [0.2, 0.25) is 0 Å².